The zero-order chi connectivity index (χ0) is 14.1. The van der Waals surface area contributed by atoms with Crippen molar-refractivity contribution in [3.05, 3.63) is 46.0 Å². The summed E-state index contributed by atoms with van der Waals surface area (Å²) >= 11 is 7.29. The van der Waals surface area contributed by atoms with Gasteiger partial charge < -0.3 is 4.42 Å². The summed E-state index contributed by atoms with van der Waals surface area (Å²) in [5.74, 6) is 1.28. The number of hydrazone groups is 1. The maximum absolute atomic E-state index is 12.0. The lowest BCUT2D eigenvalue weighted by molar-refractivity contribution is -0.130. The molecule has 0 saturated carbocycles. The summed E-state index contributed by atoms with van der Waals surface area (Å²) in [5, 5.41) is 7.88. The zero-order valence-corrected chi connectivity index (χ0v) is 12.4. The minimum Gasteiger partial charge on any atom is -0.460 e. The quantitative estimate of drug-likeness (QED) is 0.814. The summed E-state index contributed by atoms with van der Waals surface area (Å²) in [6.07, 6.45) is 0.649. The molecule has 1 aliphatic rings. The Morgan fingerprint density at radius 1 is 1.55 bits per heavy atom. The molecule has 6 heteroatoms. The van der Waals surface area contributed by atoms with Crippen molar-refractivity contribution in [2.24, 2.45) is 5.10 Å². The number of aryl methyl sites for hydroxylation is 1. The average molecular weight is 309 g/mol. The lowest BCUT2D eigenvalue weighted by Gasteiger charge is -2.19. The minimum atomic E-state index is -0.191. The van der Waals surface area contributed by atoms with Gasteiger partial charge in [-0.2, -0.15) is 5.10 Å². The molecular formula is C14H13ClN2O2S. The Labute approximate surface area is 125 Å². The molecule has 104 valence electrons. The first kappa shape index (κ1) is 13.4. The molecule has 1 amide bonds. The number of hydrogen-bond donors (Lipinski definition) is 0. The summed E-state index contributed by atoms with van der Waals surface area (Å²) in [7, 11) is 0. The Morgan fingerprint density at radius 3 is 3.00 bits per heavy atom. The highest BCUT2D eigenvalue weighted by Gasteiger charge is 2.34. The summed E-state index contributed by atoms with van der Waals surface area (Å²) in [5.41, 5.74) is 0.787. The lowest BCUT2D eigenvalue weighted by Crippen LogP contribution is -2.27. The number of furan rings is 1. The van der Waals surface area contributed by atoms with E-state index in [1.807, 2.05) is 36.6 Å². The van der Waals surface area contributed by atoms with Crippen LogP contribution in [0.5, 0.6) is 0 Å². The average Bonchev–Trinajstić information content (AvgIpc) is 3.16. The molecule has 0 saturated heterocycles. The summed E-state index contributed by atoms with van der Waals surface area (Å²) in [6, 6.07) is 7.67. The second kappa shape index (κ2) is 5.42. The van der Waals surface area contributed by atoms with Crippen molar-refractivity contribution in [3.63, 3.8) is 0 Å². The Balaban J connectivity index is 1.93. The smallest absolute Gasteiger partial charge is 0.258 e. The van der Waals surface area contributed by atoms with E-state index in [1.165, 1.54) is 5.01 Å². The Kier molecular flexibility index (Phi) is 3.63. The number of thiophene rings is 1. The van der Waals surface area contributed by atoms with Crippen LogP contribution in [-0.4, -0.2) is 22.5 Å². The largest absolute Gasteiger partial charge is 0.460 e. The van der Waals surface area contributed by atoms with Gasteiger partial charge in [-0.25, -0.2) is 5.01 Å². The first-order valence-corrected chi connectivity index (χ1v) is 7.66. The molecule has 20 heavy (non-hydrogen) atoms. The standard InChI is InChI=1S/C14H13ClN2O2S/c1-9-4-5-12(19-9)10-7-11(13-3-2-6-20-13)17(16-10)14(18)8-15/h2-6,11H,7-8H2,1H3/t11-/m0/s1. The third-order valence-electron chi connectivity index (χ3n) is 3.18. The zero-order valence-electron chi connectivity index (χ0n) is 10.9. The van der Waals surface area contributed by atoms with Crippen molar-refractivity contribution >= 4 is 34.6 Å². The maximum atomic E-state index is 12.0. The van der Waals surface area contributed by atoms with E-state index in [2.05, 4.69) is 5.10 Å². The molecule has 0 N–H and O–H groups in total. The molecule has 0 unspecified atom stereocenters. The topological polar surface area (TPSA) is 45.8 Å². The second-order valence-electron chi connectivity index (χ2n) is 4.56. The molecule has 0 aromatic carbocycles. The van der Waals surface area contributed by atoms with Gasteiger partial charge in [0.05, 0.1) is 6.04 Å². The van der Waals surface area contributed by atoms with Crippen molar-refractivity contribution < 1.29 is 9.21 Å². The van der Waals surface area contributed by atoms with Gasteiger partial charge in [0, 0.05) is 11.3 Å². The van der Waals surface area contributed by atoms with E-state index in [-0.39, 0.29) is 17.8 Å². The van der Waals surface area contributed by atoms with E-state index in [0.717, 1.165) is 16.3 Å². The molecule has 2 aromatic rings. The number of hydrogen-bond acceptors (Lipinski definition) is 4. The van der Waals surface area contributed by atoms with E-state index in [9.17, 15) is 4.79 Å². The van der Waals surface area contributed by atoms with Gasteiger partial charge in [-0.05, 0) is 30.5 Å². The van der Waals surface area contributed by atoms with Gasteiger partial charge in [0.2, 0.25) is 0 Å². The van der Waals surface area contributed by atoms with Gasteiger partial charge in [0.25, 0.3) is 5.91 Å². The minimum absolute atomic E-state index is 0.0736. The van der Waals surface area contributed by atoms with Crippen LogP contribution in [0.15, 0.2) is 39.2 Å². The van der Waals surface area contributed by atoms with Crippen molar-refractivity contribution in [1.29, 1.82) is 0 Å². The highest BCUT2D eigenvalue weighted by atomic mass is 35.5. The van der Waals surface area contributed by atoms with E-state index in [4.69, 9.17) is 16.0 Å². The molecule has 0 bridgehead atoms. The van der Waals surface area contributed by atoms with Crippen molar-refractivity contribution in [2.45, 2.75) is 19.4 Å². The fourth-order valence-electron chi connectivity index (χ4n) is 2.24. The third kappa shape index (κ3) is 2.39. The number of carbonyl (C=O) groups is 1. The molecule has 3 rings (SSSR count). The Hall–Kier alpha value is -1.59. The van der Waals surface area contributed by atoms with Crippen LogP contribution in [0.3, 0.4) is 0 Å². The van der Waals surface area contributed by atoms with Gasteiger partial charge >= 0.3 is 0 Å². The van der Waals surface area contributed by atoms with Gasteiger partial charge in [0.1, 0.15) is 23.1 Å². The number of alkyl halides is 1. The molecule has 0 fully saturated rings. The highest BCUT2D eigenvalue weighted by molar-refractivity contribution is 7.10. The van der Waals surface area contributed by atoms with Crippen molar-refractivity contribution in [2.75, 3.05) is 5.88 Å². The SMILES string of the molecule is Cc1ccc(C2=NN(C(=O)CCl)[C@H](c3cccs3)C2)o1. The van der Waals surface area contributed by atoms with E-state index in [0.29, 0.717) is 12.2 Å². The maximum Gasteiger partial charge on any atom is 0.258 e. The molecule has 3 heterocycles. The van der Waals surface area contributed by atoms with Crippen LogP contribution >= 0.6 is 22.9 Å². The first-order valence-electron chi connectivity index (χ1n) is 6.24. The van der Waals surface area contributed by atoms with Crippen LogP contribution in [0.4, 0.5) is 0 Å². The van der Waals surface area contributed by atoms with Crippen LogP contribution < -0.4 is 0 Å². The molecule has 1 aliphatic heterocycles. The number of carbonyl (C=O) groups excluding carboxylic acids is 1. The molecule has 4 nitrogen and oxygen atoms in total. The number of nitrogens with zero attached hydrogens (tertiary/aromatic N) is 2. The molecule has 2 aromatic heterocycles. The van der Waals surface area contributed by atoms with Crippen LogP contribution in [0, 0.1) is 6.92 Å². The summed E-state index contributed by atoms with van der Waals surface area (Å²) in [6.45, 7) is 1.89. The van der Waals surface area contributed by atoms with Crippen LogP contribution in [0.1, 0.15) is 28.9 Å². The lowest BCUT2D eigenvalue weighted by atomic mass is 10.1. The first-order chi connectivity index (χ1) is 9.69. The molecular weight excluding hydrogens is 296 g/mol. The summed E-state index contributed by atoms with van der Waals surface area (Å²) < 4.78 is 5.60. The molecule has 0 aliphatic carbocycles. The highest BCUT2D eigenvalue weighted by Crippen LogP contribution is 2.35. The van der Waals surface area contributed by atoms with Gasteiger partial charge in [-0.3, -0.25) is 4.79 Å². The number of amides is 1. The molecule has 0 radical (unpaired) electrons. The van der Waals surface area contributed by atoms with Crippen LogP contribution in [0.2, 0.25) is 0 Å². The molecule has 1 atom stereocenters. The molecule has 0 spiro atoms. The number of halogens is 1. The fourth-order valence-corrected chi connectivity index (χ4v) is 3.18. The van der Waals surface area contributed by atoms with Crippen molar-refractivity contribution in [3.8, 4) is 0 Å². The fraction of sp³-hybridized carbons (Fsp3) is 0.286. The van der Waals surface area contributed by atoms with Gasteiger partial charge in [-0.1, -0.05) is 6.07 Å². The van der Waals surface area contributed by atoms with Crippen LogP contribution in [-0.2, 0) is 4.79 Å². The predicted octanol–water partition coefficient (Wildman–Crippen LogP) is 3.57. The predicted molar refractivity (Wildman–Crippen MR) is 79.2 cm³/mol. The van der Waals surface area contributed by atoms with E-state index >= 15 is 0 Å². The Morgan fingerprint density at radius 2 is 2.40 bits per heavy atom. The van der Waals surface area contributed by atoms with Crippen LogP contribution in [0.25, 0.3) is 0 Å². The monoisotopic (exact) mass is 308 g/mol. The third-order valence-corrected chi connectivity index (χ3v) is 4.38. The number of rotatable bonds is 3. The second-order valence-corrected chi connectivity index (χ2v) is 5.81. The van der Waals surface area contributed by atoms with Crippen molar-refractivity contribution in [1.82, 2.24) is 5.01 Å². The Bertz CT molecular complexity index is 648. The van der Waals surface area contributed by atoms with E-state index < -0.39 is 0 Å². The van der Waals surface area contributed by atoms with Gasteiger partial charge in [-0.15, -0.1) is 22.9 Å². The van der Waals surface area contributed by atoms with E-state index in [1.54, 1.807) is 11.3 Å². The summed E-state index contributed by atoms with van der Waals surface area (Å²) in [4.78, 5) is 13.1. The normalized spacial score (nSPS) is 18.4. The van der Waals surface area contributed by atoms with Gasteiger partial charge in [0.15, 0.2) is 0 Å².